The Kier molecular flexibility index (Phi) is 4.08. The molecule has 19 heavy (non-hydrogen) atoms. The zero-order valence-electron chi connectivity index (χ0n) is 10.2. The Balaban J connectivity index is 2.14. The Labute approximate surface area is 108 Å². The predicted octanol–water partition coefficient (Wildman–Crippen LogP) is 0.855. The summed E-state index contributed by atoms with van der Waals surface area (Å²) in [7, 11) is 1.45. The van der Waals surface area contributed by atoms with Gasteiger partial charge in [0.25, 0.3) is 0 Å². The summed E-state index contributed by atoms with van der Waals surface area (Å²) < 4.78 is 23.6. The van der Waals surface area contributed by atoms with Gasteiger partial charge >= 0.3 is 5.76 Å². The smallest absolute Gasteiger partial charge is 0.390 e. The van der Waals surface area contributed by atoms with Crippen molar-refractivity contribution in [2.24, 2.45) is 0 Å². The van der Waals surface area contributed by atoms with Crippen LogP contribution in [0.2, 0.25) is 0 Å². The van der Waals surface area contributed by atoms with Gasteiger partial charge in [0.15, 0.2) is 0 Å². The van der Waals surface area contributed by atoms with Gasteiger partial charge in [0, 0.05) is 7.11 Å². The van der Waals surface area contributed by atoms with Crippen LogP contribution < -0.4 is 5.76 Å². The zero-order chi connectivity index (χ0) is 13.8. The van der Waals surface area contributed by atoms with Gasteiger partial charge in [-0.1, -0.05) is 12.1 Å². The molecule has 0 amide bonds. The lowest BCUT2D eigenvalue weighted by molar-refractivity contribution is 0.147. The van der Waals surface area contributed by atoms with E-state index in [0.717, 1.165) is 4.68 Å². The number of hydrogen-bond donors (Lipinski definition) is 1. The number of halogens is 1. The molecule has 2 rings (SSSR count). The molecule has 1 aromatic carbocycles. The monoisotopic (exact) mass is 268 g/mol. The molecule has 0 radical (unpaired) electrons. The second kappa shape index (κ2) is 5.77. The van der Waals surface area contributed by atoms with Gasteiger partial charge in [-0.15, -0.1) is 5.10 Å². The fourth-order valence-corrected chi connectivity index (χ4v) is 1.63. The fraction of sp³-hybridized carbons (Fsp3) is 0.333. The van der Waals surface area contributed by atoms with E-state index in [1.165, 1.54) is 25.3 Å². The lowest BCUT2D eigenvalue weighted by Crippen LogP contribution is -2.20. The average Bonchev–Trinajstić information content (AvgIpc) is 2.70. The van der Waals surface area contributed by atoms with Crippen molar-refractivity contribution in [3.05, 3.63) is 52.1 Å². The Hall–Kier alpha value is -1.99. The number of nitrogens with zero attached hydrogens (tertiary/aromatic N) is 2. The number of rotatable bonds is 5. The zero-order valence-corrected chi connectivity index (χ0v) is 10.2. The van der Waals surface area contributed by atoms with Crippen molar-refractivity contribution < 1.29 is 18.7 Å². The first-order valence-corrected chi connectivity index (χ1v) is 5.59. The van der Waals surface area contributed by atoms with Crippen LogP contribution >= 0.6 is 0 Å². The van der Waals surface area contributed by atoms with E-state index in [2.05, 4.69) is 5.10 Å². The lowest BCUT2D eigenvalue weighted by Gasteiger charge is -2.09. The van der Waals surface area contributed by atoms with Crippen LogP contribution in [0.15, 0.2) is 33.5 Å². The molecule has 6 nitrogen and oxygen atoms in total. The Bertz CT molecular complexity index is 608. The second-order valence-corrected chi connectivity index (χ2v) is 3.95. The third kappa shape index (κ3) is 3.27. The van der Waals surface area contributed by atoms with Crippen LogP contribution in [0.3, 0.4) is 0 Å². The first kappa shape index (κ1) is 13.4. The van der Waals surface area contributed by atoms with Crippen molar-refractivity contribution in [1.82, 2.24) is 9.78 Å². The van der Waals surface area contributed by atoms with Gasteiger partial charge in [-0.2, -0.15) is 4.68 Å². The maximum atomic E-state index is 13.0. The van der Waals surface area contributed by atoms with Gasteiger partial charge in [0.05, 0.1) is 12.6 Å². The highest BCUT2D eigenvalue weighted by molar-refractivity contribution is 5.18. The minimum absolute atomic E-state index is 0.0678. The van der Waals surface area contributed by atoms with E-state index in [0.29, 0.717) is 5.56 Å². The van der Waals surface area contributed by atoms with Gasteiger partial charge in [-0.25, -0.2) is 9.18 Å². The third-order valence-electron chi connectivity index (χ3n) is 2.50. The number of hydrogen-bond acceptors (Lipinski definition) is 5. The van der Waals surface area contributed by atoms with Gasteiger partial charge in [0.2, 0.25) is 5.89 Å². The standard InChI is InChI=1S/C12H13FN2O4/c1-18-7-11-14-15(12(17)19-11)6-10(16)8-3-2-4-9(13)5-8/h2-5,10,16H,6-7H2,1H3/t10-/m1/s1. The number of aliphatic hydroxyl groups excluding tert-OH is 1. The molecule has 0 saturated carbocycles. The van der Waals surface area contributed by atoms with Crippen molar-refractivity contribution >= 4 is 0 Å². The van der Waals surface area contributed by atoms with Crippen molar-refractivity contribution in [2.45, 2.75) is 19.3 Å². The molecule has 7 heteroatoms. The highest BCUT2D eigenvalue weighted by Gasteiger charge is 2.14. The first-order chi connectivity index (χ1) is 9.10. The summed E-state index contributed by atoms with van der Waals surface area (Å²) in [6, 6.07) is 5.52. The first-order valence-electron chi connectivity index (χ1n) is 5.59. The van der Waals surface area contributed by atoms with Crippen LogP contribution in [0.4, 0.5) is 4.39 Å². The molecule has 1 N–H and O–H groups in total. The summed E-state index contributed by atoms with van der Waals surface area (Å²) in [4.78, 5) is 11.4. The summed E-state index contributed by atoms with van der Waals surface area (Å²) in [5.41, 5.74) is 0.364. The molecular weight excluding hydrogens is 255 g/mol. The normalized spacial score (nSPS) is 12.6. The van der Waals surface area contributed by atoms with Gasteiger partial charge < -0.3 is 14.3 Å². The van der Waals surface area contributed by atoms with Gasteiger partial charge in [0.1, 0.15) is 12.4 Å². The van der Waals surface area contributed by atoms with Gasteiger partial charge in [-0.3, -0.25) is 0 Å². The summed E-state index contributed by atoms with van der Waals surface area (Å²) in [5.74, 6) is -1.02. The molecule has 1 atom stereocenters. The molecule has 102 valence electrons. The molecule has 0 bridgehead atoms. The minimum atomic E-state index is -1.05. The molecule has 0 spiro atoms. The van der Waals surface area contributed by atoms with E-state index in [1.807, 2.05) is 0 Å². The van der Waals surface area contributed by atoms with Crippen molar-refractivity contribution in [3.63, 3.8) is 0 Å². The van der Waals surface area contributed by atoms with E-state index in [-0.39, 0.29) is 19.0 Å². The van der Waals surface area contributed by atoms with Crippen LogP contribution in [0, 0.1) is 5.82 Å². The number of benzene rings is 1. The quantitative estimate of drug-likeness (QED) is 0.870. The molecule has 0 aliphatic rings. The number of aromatic nitrogens is 2. The molecule has 0 aliphatic heterocycles. The lowest BCUT2D eigenvalue weighted by atomic mass is 10.1. The van der Waals surface area contributed by atoms with Crippen LogP contribution in [-0.2, 0) is 17.9 Å². The second-order valence-electron chi connectivity index (χ2n) is 3.95. The maximum absolute atomic E-state index is 13.0. The number of ether oxygens (including phenoxy) is 1. The summed E-state index contributed by atoms with van der Waals surface area (Å²) >= 11 is 0. The Morgan fingerprint density at radius 2 is 2.37 bits per heavy atom. The SMILES string of the molecule is COCc1nn(C[C@@H](O)c2cccc(F)c2)c(=O)o1. The molecule has 0 unspecified atom stereocenters. The molecule has 0 aliphatic carbocycles. The molecule has 2 aromatic rings. The van der Waals surface area contributed by atoms with Crippen LogP contribution in [0.1, 0.15) is 17.6 Å². The van der Waals surface area contributed by atoms with Crippen molar-refractivity contribution in [3.8, 4) is 0 Å². The van der Waals surface area contributed by atoms with Crippen LogP contribution in [0.25, 0.3) is 0 Å². The van der Waals surface area contributed by atoms with Crippen molar-refractivity contribution in [1.29, 1.82) is 0 Å². The summed E-state index contributed by atoms with van der Waals surface area (Å²) in [6.07, 6.45) is -1.05. The molecule has 0 fully saturated rings. The van der Waals surface area contributed by atoms with Crippen LogP contribution in [-0.4, -0.2) is 22.0 Å². The van der Waals surface area contributed by atoms with E-state index >= 15 is 0 Å². The summed E-state index contributed by atoms with van der Waals surface area (Å²) in [6.45, 7) is -0.0478. The Morgan fingerprint density at radius 1 is 1.58 bits per heavy atom. The van der Waals surface area contributed by atoms with E-state index < -0.39 is 17.7 Å². The average molecular weight is 268 g/mol. The molecule has 1 heterocycles. The third-order valence-corrected chi connectivity index (χ3v) is 2.50. The molecule has 1 aromatic heterocycles. The predicted molar refractivity (Wildman–Crippen MR) is 62.8 cm³/mol. The molecule has 0 saturated heterocycles. The van der Waals surface area contributed by atoms with E-state index in [9.17, 15) is 14.3 Å². The van der Waals surface area contributed by atoms with E-state index in [1.54, 1.807) is 6.07 Å². The Morgan fingerprint density at radius 3 is 3.05 bits per heavy atom. The highest BCUT2D eigenvalue weighted by Crippen LogP contribution is 2.15. The fourth-order valence-electron chi connectivity index (χ4n) is 1.63. The number of methoxy groups -OCH3 is 1. The summed E-state index contributed by atoms with van der Waals surface area (Å²) in [5, 5.41) is 13.8. The van der Waals surface area contributed by atoms with Crippen LogP contribution in [0.5, 0.6) is 0 Å². The number of aliphatic hydroxyl groups is 1. The largest absolute Gasteiger partial charge is 0.437 e. The van der Waals surface area contributed by atoms with Gasteiger partial charge in [-0.05, 0) is 17.7 Å². The minimum Gasteiger partial charge on any atom is -0.390 e. The maximum Gasteiger partial charge on any atom is 0.437 e. The van der Waals surface area contributed by atoms with E-state index in [4.69, 9.17) is 9.15 Å². The van der Waals surface area contributed by atoms with Crippen molar-refractivity contribution in [2.75, 3.05) is 7.11 Å². The topological polar surface area (TPSA) is 77.5 Å². The molecular formula is C12H13FN2O4. The highest BCUT2D eigenvalue weighted by atomic mass is 19.1.